The maximum absolute atomic E-state index is 4.97. The van der Waals surface area contributed by atoms with Crippen LogP contribution < -0.4 is 15.5 Å². The first kappa shape index (κ1) is 24.9. The van der Waals surface area contributed by atoms with Crippen molar-refractivity contribution in [3.63, 3.8) is 0 Å². The predicted molar refractivity (Wildman–Crippen MR) is 152 cm³/mol. The fraction of sp³-hybridized carbons (Fsp3) is 0.286. The van der Waals surface area contributed by atoms with E-state index in [0.29, 0.717) is 6.04 Å². The van der Waals surface area contributed by atoms with Gasteiger partial charge in [0.15, 0.2) is 5.82 Å². The summed E-state index contributed by atoms with van der Waals surface area (Å²) in [5, 5.41) is 6.93. The van der Waals surface area contributed by atoms with E-state index in [4.69, 9.17) is 4.98 Å². The fourth-order valence-electron chi connectivity index (χ4n) is 4.98. The molecule has 1 aliphatic heterocycles. The molecule has 1 saturated heterocycles. The van der Waals surface area contributed by atoms with Crippen molar-refractivity contribution >= 4 is 51.8 Å². The Morgan fingerprint density at radius 2 is 1.92 bits per heavy atom. The average molecular weight is 515 g/mol. The van der Waals surface area contributed by atoms with Gasteiger partial charge >= 0.3 is 0 Å². The maximum Gasteiger partial charge on any atom is 0.160 e. The summed E-state index contributed by atoms with van der Waals surface area (Å²) < 4.78 is 2.05. The highest BCUT2D eigenvalue weighted by Crippen LogP contribution is 2.27. The first-order valence-electron chi connectivity index (χ1n) is 12.4. The second-order valence-corrected chi connectivity index (χ2v) is 9.63. The van der Waals surface area contributed by atoms with Crippen molar-refractivity contribution in [1.82, 2.24) is 29.8 Å². The van der Waals surface area contributed by atoms with Crippen LogP contribution in [0.1, 0.15) is 23.6 Å². The first-order chi connectivity index (χ1) is 17.5. The van der Waals surface area contributed by atoms with Crippen molar-refractivity contribution < 1.29 is 0 Å². The molecule has 1 aliphatic rings. The lowest BCUT2D eigenvalue weighted by Gasteiger charge is -2.35. The lowest BCUT2D eigenvalue weighted by atomic mass is 9.99. The van der Waals surface area contributed by atoms with Crippen LogP contribution in [0.2, 0.25) is 0 Å². The Balaban J connectivity index is 0.00000280. The number of fused-ring (bicyclic) bond motifs is 2. The van der Waals surface area contributed by atoms with Gasteiger partial charge < -0.3 is 20.1 Å². The molecule has 0 radical (unpaired) electrons. The van der Waals surface area contributed by atoms with Crippen LogP contribution in [-0.4, -0.2) is 50.2 Å². The molecule has 190 valence electrons. The van der Waals surface area contributed by atoms with Crippen molar-refractivity contribution in [1.29, 1.82) is 0 Å². The Morgan fingerprint density at radius 1 is 1.03 bits per heavy atom. The molecule has 1 atom stereocenters. The van der Waals surface area contributed by atoms with E-state index >= 15 is 0 Å². The molecule has 0 bridgehead atoms. The van der Waals surface area contributed by atoms with E-state index in [2.05, 4.69) is 86.8 Å². The van der Waals surface area contributed by atoms with E-state index in [-0.39, 0.29) is 12.4 Å². The minimum atomic E-state index is 0. The summed E-state index contributed by atoms with van der Waals surface area (Å²) in [6, 6.07) is 17.5. The minimum absolute atomic E-state index is 0. The van der Waals surface area contributed by atoms with Gasteiger partial charge in [-0.2, -0.15) is 0 Å². The molecular formula is C28H31ClN8. The molecule has 3 aromatic heterocycles. The zero-order chi connectivity index (χ0) is 24.6. The van der Waals surface area contributed by atoms with Gasteiger partial charge in [0.25, 0.3) is 0 Å². The highest BCUT2D eigenvalue weighted by molar-refractivity contribution is 5.88. The number of benzene rings is 2. The second kappa shape index (κ2) is 10.3. The number of hydrogen-bond donors (Lipinski definition) is 2. The van der Waals surface area contributed by atoms with Gasteiger partial charge in [-0.3, -0.25) is 0 Å². The topological polar surface area (TPSA) is 83.8 Å². The summed E-state index contributed by atoms with van der Waals surface area (Å²) in [5.74, 6) is 1.68. The lowest BCUT2D eigenvalue weighted by Crippen LogP contribution is -2.50. The number of imidazole rings is 1. The predicted octanol–water partition coefficient (Wildman–Crippen LogP) is 4.77. The Labute approximate surface area is 222 Å². The molecule has 0 spiro atoms. The van der Waals surface area contributed by atoms with Crippen LogP contribution in [0, 0.1) is 6.92 Å². The fourth-order valence-corrected chi connectivity index (χ4v) is 4.98. The van der Waals surface area contributed by atoms with E-state index in [9.17, 15) is 0 Å². The van der Waals surface area contributed by atoms with Gasteiger partial charge in [-0.05, 0) is 73.4 Å². The van der Waals surface area contributed by atoms with Crippen LogP contribution in [-0.2, 0) is 13.5 Å². The zero-order valence-corrected chi connectivity index (χ0v) is 22.1. The van der Waals surface area contributed by atoms with Crippen LogP contribution in [0.5, 0.6) is 0 Å². The molecule has 9 heteroatoms. The third-order valence-electron chi connectivity index (χ3n) is 7.05. The van der Waals surface area contributed by atoms with Gasteiger partial charge in [0.1, 0.15) is 17.7 Å². The van der Waals surface area contributed by atoms with Crippen LogP contribution in [0.25, 0.3) is 22.1 Å². The van der Waals surface area contributed by atoms with Crippen molar-refractivity contribution in [2.45, 2.75) is 26.3 Å². The number of aromatic nitrogens is 5. The minimum Gasteiger partial charge on any atom is -0.351 e. The van der Waals surface area contributed by atoms with E-state index in [1.165, 1.54) is 16.7 Å². The molecule has 4 heterocycles. The quantitative estimate of drug-likeness (QED) is 0.349. The monoisotopic (exact) mass is 514 g/mol. The molecule has 2 N–H and O–H groups in total. The molecule has 0 aliphatic carbocycles. The van der Waals surface area contributed by atoms with E-state index in [1.54, 1.807) is 6.33 Å². The summed E-state index contributed by atoms with van der Waals surface area (Å²) in [7, 11) is 2.02. The second-order valence-electron chi connectivity index (χ2n) is 9.63. The van der Waals surface area contributed by atoms with Crippen LogP contribution in [0.15, 0.2) is 61.2 Å². The first-order valence-corrected chi connectivity index (χ1v) is 12.4. The number of anilines is 3. The lowest BCUT2D eigenvalue weighted by molar-refractivity contribution is 0.497. The van der Waals surface area contributed by atoms with E-state index in [1.807, 2.05) is 24.0 Å². The zero-order valence-electron chi connectivity index (χ0n) is 21.3. The largest absolute Gasteiger partial charge is 0.351 e. The summed E-state index contributed by atoms with van der Waals surface area (Å²) >= 11 is 0. The number of hydrogen-bond acceptors (Lipinski definition) is 7. The van der Waals surface area contributed by atoms with Crippen molar-refractivity contribution in [2.75, 3.05) is 29.9 Å². The average Bonchev–Trinajstić information content (AvgIpc) is 3.26. The molecule has 8 nitrogen and oxygen atoms in total. The van der Waals surface area contributed by atoms with Gasteiger partial charge in [-0.25, -0.2) is 19.9 Å². The van der Waals surface area contributed by atoms with E-state index in [0.717, 1.165) is 65.4 Å². The molecule has 0 amide bonds. The van der Waals surface area contributed by atoms with Gasteiger partial charge in [0.05, 0.1) is 22.9 Å². The standard InChI is InChI=1S/C28H30N8.ClH/c1-18-12-22(6-5-21(18)13-20-4-8-25-24(14-20)32-17-35(25)3)33-28-27-23(30-16-31-28)7-9-26(34-27)36-11-10-29-15-19(36)2;/h4-9,12,14,16-17,19,29H,10-11,13,15H2,1-3H3,(H,30,31,33);1H. The smallest absolute Gasteiger partial charge is 0.160 e. The summed E-state index contributed by atoms with van der Waals surface area (Å²) in [6.07, 6.45) is 4.32. The summed E-state index contributed by atoms with van der Waals surface area (Å²) in [4.78, 5) is 20.8. The molecule has 37 heavy (non-hydrogen) atoms. The Bertz CT molecular complexity index is 1560. The molecule has 2 aromatic carbocycles. The van der Waals surface area contributed by atoms with Crippen LogP contribution >= 0.6 is 12.4 Å². The molecule has 1 unspecified atom stereocenters. The number of nitrogens with zero attached hydrogens (tertiary/aromatic N) is 6. The van der Waals surface area contributed by atoms with Crippen molar-refractivity contribution in [3.8, 4) is 0 Å². The molecule has 6 rings (SSSR count). The third-order valence-corrected chi connectivity index (χ3v) is 7.05. The van der Waals surface area contributed by atoms with Gasteiger partial charge in [0.2, 0.25) is 0 Å². The number of halogens is 1. The van der Waals surface area contributed by atoms with Crippen molar-refractivity contribution in [2.24, 2.45) is 7.05 Å². The van der Waals surface area contributed by atoms with Gasteiger partial charge in [0, 0.05) is 38.4 Å². The van der Waals surface area contributed by atoms with Gasteiger partial charge in [-0.15, -0.1) is 12.4 Å². The number of rotatable bonds is 5. The maximum atomic E-state index is 4.97. The van der Waals surface area contributed by atoms with Crippen molar-refractivity contribution in [3.05, 3.63) is 77.9 Å². The molecule has 0 saturated carbocycles. The number of nitrogens with one attached hydrogen (secondary N) is 2. The number of aryl methyl sites for hydroxylation is 2. The molecule has 1 fully saturated rings. The highest BCUT2D eigenvalue weighted by atomic mass is 35.5. The highest BCUT2D eigenvalue weighted by Gasteiger charge is 2.20. The number of pyridine rings is 1. The number of piperazine rings is 1. The normalized spacial score (nSPS) is 15.6. The Kier molecular flexibility index (Phi) is 6.95. The summed E-state index contributed by atoms with van der Waals surface area (Å²) in [6.45, 7) is 7.22. The SMILES string of the molecule is Cc1cc(Nc2ncnc3ccc(N4CCNCC4C)nc23)ccc1Cc1ccc2c(c1)ncn2C.Cl. The Morgan fingerprint density at radius 3 is 2.76 bits per heavy atom. The van der Waals surface area contributed by atoms with Gasteiger partial charge in [-0.1, -0.05) is 12.1 Å². The third kappa shape index (κ3) is 4.95. The van der Waals surface area contributed by atoms with E-state index < -0.39 is 0 Å². The van der Waals surface area contributed by atoms with Crippen LogP contribution in [0.4, 0.5) is 17.3 Å². The summed E-state index contributed by atoms with van der Waals surface area (Å²) in [5.41, 5.74) is 8.55. The Hall–Kier alpha value is -3.75. The molecular weight excluding hydrogens is 484 g/mol. The van der Waals surface area contributed by atoms with Crippen LogP contribution in [0.3, 0.4) is 0 Å². The molecule has 5 aromatic rings.